The third-order valence-electron chi connectivity index (χ3n) is 6.22. The van der Waals surface area contributed by atoms with Crippen LogP contribution in [0.25, 0.3) is 0 Å². The van der Waals surface area contributed by atoms with Crippen molar-refractivity contribution >= 4 is 11.9 Å². The fourth-order valence-electron chi connectivity index (χ4n) is 4.54. The summed E-state index contributed by atoms with van der Waals surface area (Å²) in [4.78, 5) is 26.1. The Morgan fingerprint density at radius 1 is 1.14 bits per heavy atom. The lowest BCUT2D eigenvalue weighted by atomic mass is 9.70. The van der Waals surface area contributed by atoms with Gasteiger partial charge in [0.05, 0.1) is 17.7 Å². The lowest BCUT2D eigenvalue weighted by Crippen LogP contribution is -2.55. The number of carbonyl (C=O) groups excluding carboxylic acids is 1. The highest BCUT2D eigenvalue weighted by atomic mass is 19.4. The molecule has 5 nitrogen and oxygen atoms in total. The Hall–Kier alpha value is -2.09. The highest BCUT2D eigenvalue weighted by molar-refractivity contribution is 5.98. The molecule has 2 aliphatic rings. The van der Waals surface area contributed by atoms with Crippen LogP contribution in [-0.2, 0) is 15.7 Å². The number of hydrogen-bond acceptors (Lipinski definition) is 3. The van der Waals surface area contributed by atoms with E-state index in [-0.39, 0.29) is 12.0 Å². The first-order valence-corrected chi connectivity index (χ1v) is 9.73. The molecule has 1 aliphatic heterocycles. The molecule has 1 saturated carbocycles. The summed E-state index contributed by atoms with van der Waals surface area (Å²) in [6.07, 6.45) is -2.50. The van der Waals surface area contributed by atoms with Crippen LogP contribution in [-0.4, -0.2) is 40.3 Å². The number of alkyl halides is 3. The van der Waals surface area contributed by atoms with Crippen molar-refractivity contribution in [2.45, 2.75) is 64.4 Å². The molecule has 2 fully saturated rings. The topological polar surface area (TPSA) is 66.8 Å². The van der Waals surface area contributed by atoms with Crippen molar-refractivity contribution in [2.24, 2.45) is 11.3 Å². The predicted molar refractivity (Wildman–Crippen MR) is 99.1 cm³/mol. The second-order valence-electron chi connectivity index (χ2n) is 8.97. The number of amides is 1. The number of halogens is 3. The van der Waals surface area contributed by atoms with Crippen molar-refractivity contribution in [3.05, 3.63) is 35.4 Å². The van der Waals surface area contributed by atoms with Gasteiger partial charge in [0.25, 0.3) is 5.91 Å². The van der Waals surface area contributed by atoms with Crippen LogP contribution in [0.2, 0.25) is 0 Å². The molecule has 29 heavy (non-hydrogen) atoms. The lowest BCUT2D eigenvalue weighted by Gasteiger charge is -2.46. The molecule has 0 bridgehead atoms. The SMILES string of the molecule is CC(C)(C)C1CCC2(CC1)OC[C@H](C(=O)O)N2C(=O)c1ccccc1C(F)(F)F. The van der Waals surface area contributed by atoms with Crippen molar-refractivity contribution < 1.29 is 32.6 Å². The number of carbonyl (C=O) groups is 2. The highest BCUT2D eigenvalue weighted by Gasteiger charge is 2.55. The number of carboxylic acid groups (broad SMARTS) is 1. The number of rotatable bonds is 2. The molecule has 0 unspecified atom stereocenters. The first kappa shape index (κ1) is 21.6. The molecule has 1 saturated heterocycles. The Balaban J connectivity index is 1.98. The van der Waals surface area contributed by atoms with E-state index in [9.17, 15) is 27.9 Å². The summed E-state index contributed by atoms with van der Waals surface area (Å²) in [5, 5.41) is 9.61. The summed E-state index contributed by atoms with van der Waals surface area (Å²) < 4.78 is 46.2. The summed E-state index contributed by atoms with van der Waals surface area (Å²) in [5.41, 5.74) is -2.75. The van der Waals surface area contributed by atoms with Crippen LogP contribution in [0, 0.1) is 11.3 Å². The van der Waals surface area contributed by atoms with E-state index in [2.05, 4.69) is 20.8 Å². The Bertz CT molecular complexity index is 792. The summed E-state index contributed by atoms with van der Waals surface area (Å²) in [7, 11) is 0. The molecule has 160 valence electrons. The molecular weight excluding hydrogens is 387 g/mol. The van der Waals surface area contributed by atoms with Gasteiger partial charge in [0.2, 0.25) is 0 Å². The maximum absolute atomic E-state index is 13.4. The Morgan fingerprint density at radius 2 is 1.72 bits per heavy atom. The fourth-order valence-corrected chi connectivity index (χ4v) is 4.54. The summed E-state index contributed by atoms with van der Waals surface area (Å²) >= 11 is 0. The van der Waals surface area contributed by atoms with E-state index in [1.165, 1.54) is 12.1 Å². The third-order valence-corrected chi connectivity index (χ3v) is 6.22. The number of benzene rings is 1. The maximum Gasteiger partial charge on any atom is 0.417 e. The first-order chi connectivity index (χ1) is 13.4. The molecule has 1 spiro atoms. The van der Waals surface area contributed by atoms with Crippen molar-refractivity contribution in [3.8, 4) is 0 Å². The number of aliphatic carboxylic acids is 1. The standard InChI is InChI=1S/C21H26F3NO4/c1-19(2,3)13-8-10-20(11-9-13)25(16(12-29-20)18(27)28)17(26)14-6-4-5-7-15(14)21(22,23)24/h4-7,13,16H,8-12H2,1-3H3,(H,27,28)/t13?,16-,20?/m1/s1. The molecule has 0 aromatic heterocycles. The van der Waals surface area contributed by atoms with Crippen LogP contribution in [0.15, 0.2) is 24.3 Å². The van der Waals surface area contributed by atoms with Crippen LogP contribution < -0.4 is 0 Å². The van der Waals surface area contributed by atoms with E-state index in [0.29, 0.717) is 31.6 Å². The highest BCUT2D eigenvalue weighted by Crippen LogP contribution is 2.48. The van der Waals surface area contributed by atoms with Gasteiger partial charge in [-0.1, -0.05) is 32.9 Å². The normalized spacial score (nSPS) is 28.0. The Morgan fingerprint density at radius 3 is 2.24 bits per heavy atom. The summed E-state index contributed by atoms with van der Waals surface area (Å²) in [5.74, 6) is -1.87. The van der Waals surface area contributed by atoms with Gasteiger partial charge in [-0.25, -0.2) is 4.79 Å². The lowest BCUT2D eigenvalue weighted by molar-refractivity contribution is -0.144. The summed E-state index contributed by atoms with van der Waals surface area (Å²) in [6.45, 7) is 6.13. The summed E-state index contributed by atoms with van der Waals surface area (Å²) in [6, 6.07) is 3.17. The van der Waals surface area contributed by atoms with Gasteiger partial charge in [0.1, 0.15) is 5.72 Å². The van der Waals surface area contributed by atoms with Crippen LogP contribution in [0.5, 0.6) is 0 Å². The van der Waals surface area contributed by atoms with Crippen molar-refractivity contribution in [1.29, 1.82) is 0 Å². The molecule has 1 amide bonds. The van der Waals surface area contributed by atoms with Crippen LogP contribution in [0.3, 0.4) is 0 Å². The average molecular weight is 413 g/mol. The van der Waals surface area contributed by atoms with E-state index in [4.69, 9.17) is 4.74 Å². The second-order valence-corrected chi connectivity index (χ2v) is 8.97. The smallest absolute Gasteiger partial charge is 0.417 e. The molecule has 1 N–H and O–H groups in total. The molecule has 1 aromatic rings. The second kappa shape index (κ2) is 7.31. The van der Waals surface area contributed by atoms with Gasteiger partial charge in [-0.05, 0) is 49.1 Å². The van der Waals surface area contributed by atoms with E-state index in [1.54, 1.807) is 0 Å². The molecule has 1 heterocycles. The third kappa shape index (κ3) is 3.99. The van der Waals surface area contributed by atoms with Gasteiger partial charge in [0.15, 0.2) is 6.04 Å². The van der Waals surface area contributed by atoms with Crippen molar-refractivity contribution in [2.75, 3.05) is 6.61 Å². The van der Waals surface area contributed by atoms with E-state index in [1.807, 2.05) is 0 Å². The van der Waals surface area contributed by atoms with Gasteiger partial charge in [-0.2, -0.15) is 13.2 Å². The monoisotopic (exact) mass is 413 g/mol. The van der Waals surface area contributed by atoms with E-state index in [0.717, 1.165) is 17.0 Å². The molecule has 1 atom stereocenters. The Labute approximate surface area is 167 Å². The number of nitrogens with zero attached hydrogens (tertiary/aromatic N) is 1. The number of carboxylic acids is 1. The maximum atomic E-state index is 13.4. The molecular formula is C21H26F3NO4. The zero-order valence-corrected chi connectivity index (χ0v) is 16.8. The molecule has 0 radical (unpaired) electrons. The van der Waals surface area contributed by atoms with Gasteiger partial charge < -0.3 is 9.84 Å². The zero-order valence-electron chi connectivity index (χ0n) is 16.8. The zero-order chi connectivity index (χ0) is 21.6. The van der Waals surface area contributed by atoms with Gasteiger partial charge in [0, 0.05) is 0 Å². The van der Waals surface area contributed by atoms with Crippen LogP contribution in [0.1, 0.15) is 62.4 Å². The first-order valence-electron chi connectivity index (χ1n) is 9.73. The van der Waals surface area contributed by atoms with Crippen LogP contribution in [0.4, 0.5) is 13.2 Å². The largest absolute Gasteiger partial charge is 0.480 e. The minimum Gasteiger partial charge on any atom is -0.480 e. The Kier molecular flexibility index (Phi) is 5.45. The minimum absolute atomic E-state index is 0.0458. The van der Waals surface area contributed by atoms with Crippen LogP contribution >= 0.6 is 0 Å². The molecule has 8 heteroatoms. The van der Waals surface area contributed by atoms with Gasteiger partial charge in [-0.3, -0.25) is 9.69 Å². The average Bonchev–Trinajstić information content (AvgIpc) is 2.99. The molecule has 1 aliphatic carbocycles. The molecule has 3 rings (SSSR count). The minimum atomic E-state index is -4.72. The van der Waals surface area contributed by atoms with Gasteiger partial charge >= 0.3 is 12.1 Å². The number of hydrogen-bond donors (Lipinski definition) is 1. The van der Waals surface area contributed by atoms with E-state index < -0.39 is 40.9 Å². The van der Waals surface area contributed by atoms with Crippen molar-refractivity contribution in [1.82, 2.24) is 4.90 Å². The van der Waals surface area contributed by atoms with Crippen molar-refractivity contribution in [3.63, 3.8) is 0 Å². The molecule has 1 aromatic carbocycles. The predicted octanol–water partition coefficient (Wildman–Crippen LogP) is 4.56. The van der Waals surface area contributed by atoms with Gasteiger partial charge in [-0.15, -0.1) is 0 Å². The number of ether oxygens (including phenoxy) is 1. The quantitative estimate of drug-likeness (QED) is 0.772. The fraction of sp³-hybridized carbons (Fsp3) is 0.619. The van der Waals surface area contributed by atoms with E-state index >= 15 is 0 Å².